The van der Waals surface area contributed by atoms with Gasteiger partial charge in [0.25, 0.3) is 0 Å². The van der Waals surface area contributed by atoms with Gasteiger partial charge >= 0.3 is 0 Å². The molecule has 0 unspecified atom stereocenters. The highest BCUT2D eigenvalue weighted by molar-refractivity contribution is 7.89. The van der Waals surface area contributed by atoms with E-state index in [1.165, 1.54) is 10.4 Å². The maximum absolute atomic E-state index is 13.4. The van der Waals surface area contributed by atoms with Crippen LogP contribution in [-0.4, -0.2) is 43.7 Å². The van der Waals surface area contributed by atoms with Gasteiger partial charge in [-0.1, -0.05) is 12.1 Å². The van der Waals surface area contributed by atoms with Crippen LogP contribution in [0.1, 0.15) is 13.3 Å². The van der Waals surface area contributed by atoms with Crippen molar-refractivity contribution in [3.8, 4) is 0 Å². The van der Waals surface area contributed by atoms with E-state index in [9.17, 15) is 12.8 Å². The summed E-state index contributed by atoms with van der Waals surface area (Å²) in [6.07, 6.45) is 0.606. The molecule has 1 aromatic carbocycles. The molecule has 0 spiro atoms. The van der Waals surface area contributed by atoms with Gasteiger partial charge in [0.2, 0.25) is 10.0 Å². The van der Waals surface area contributed by atoms with E-state index in [2.05, 4.69) is 10.6 Å². The van der Waals surface area contributed by atoms with Gasteiger partial charge in [-0.25, -0.2) is 17.1 Å². The number of thiocarbonyl (C=S) groups is 1. The summed E-state index contributed by atoms with van der Waals surface area (Å²) in [5, 5.41) is 5.98. The third kappa shape index (κ3) is 5.94. The summed E-state index contributed by atoms with van der Waals surface area (Å²) in [5.41, 5.74) is 0.306. The minimum Gasteiger partial charge on any atom is -0.362 e. The zero-order valence-electron chi connectivity index (χ0n) is 12.1. The highest BCUT2D eigenvalue weighted by Crippen LogP contribution is 2.11. The molecule has 8 heteroatoms. The number of benzene rings is 1. The first-order valence-corrected chi connectivity index (χ1v) is 8.62. The standard InChI is InChI=1S/C13H20FN3O2S2/c1-3-21(18,19)17(2)10-6-9-15-13(20)16-12-8-5-4-7-11(12)14/h4-5,7-8H,3,6,9-10H2,1-2H3,(H2,15,16,20). The summed E-state index contributed by atoms with van der Waals surface area (Å²) in [6, 6.07) is 6.24. The second-order valence-electron chi connectivity index (χ2n) is 4.44. The second kappa shape index (κ2) is 8.26. The minimum atomic E-state index is -3.15. The summed E-state index contributed by atoms with van der Waals surface area (Å²) in [7, 11) is -1.60. The molecule has 0 aromatic heterocycles. The first kappa shape index (κ1) is 17.8. The molecular formula is C13H20FN3O2S2. The Morgan fingerprint density at radius 2 is 2.05 bits per heavy atom. The summed E-state index contributed by atoms with van der Waals surface area (Å²) in [5.74, 6) is -0.292. The fourth-order valence-electron chi connectivity index (χ4n) is 1.59. The molecule has 5 nitrogen and oxygen atoms in total. The Labute approximate surface area is 130 Å². The molecule has 0 radical (unpaired) electrons. The molecule has 0 aliphatic carbocycles. The molecule has 0 atom stereocenters. The highest BCUT2D eigenvalue weighted by Gasteiger charge is 2.13. The molecule has 0 saturated heterocycles. The molecule has 0 aliphatic heterocycles. The van der Waals surface area contributed by atoms with Crippen LogP contribution in [0.2, 0.25) is 0 Å². The summed E-state index contributed by atoms with van der Waals surface area (Å²) < 4.78 is 37.8. The fraction of sp³-hybridized carbons (Fsp3) is 0.462. The lowest BCUT2D eigenvalue weighted by Crippen LogP contribution is -2.34. The Morgan fingerprint density at radius 1 is 1.38 bits per heavy atom. The number of halogens is 1. The van der Waals surface area contributed by atoms with Crippen molar-refractivity contribution in [1.29, 1.82) is 0 Å². The lowest BCUT2D eigenvalue weighted by molar-refractivity contribution is 0.462. The molecule has 0 saturated carbocycles. The SMILES string of the molecule is CCS(=O)(=O)N(C)CCCNC(=S)Nc1ccccc1F. The first-order valence-electron chi connectivity index (χ1n) is 6.60. The van der Waals surface area contributed by atoms with E-state index < -0.39 is 10.0 Å². The zero-order chi connectivity index (χ0) is 15.9. The number of rotatable bonds is 7. The van der Waals surface area contributed by atoms with Gasteiger partial charge in [0.05, 0.1) is 11.4 Å². The third-order valence-electron chi connectivity index (χ3n) is 2.90. The van der Waals surface area contributed by atoms with Crippen LogP contribution in [0.5, 0.6) is 0 Å². The Kier molecular flexibility index (Phi) is 7.00. The van der Waals surface area contributed by atoms with Crippen LogP contribution in [0.15, 0.2) is 24.3 Å². The summed E-state index contributed by atoms with van der Waals surface area (Å²) >= 11 is 5.05. The van der Waals surface area contributed by atoms with E-state index in [0.29, 0.717) is 30.3 Å². The summed E-state index contributed by atoms with van der Waals surface area (Å²) in [6.45, 7) is 2.52. The molecule has 118 valence electrons. The summed E-state index contributed by atoms with van der Waals surface area (Å²) in [4.78, 5) is 0. The Morgan fingerprint density at radius 3 is 2.67 bits per heavy atom. The third-order valence-corrected chi connectivity index (χ3v) is 5.01. The van der Waals surface area contributed by atoms with Crippen LogP contribution < -0.4 is 10.6 Å². The smallest absolute Gasteiger partial charge is 0.213 e. The fourth-order valence-corrected chi connectivity index (χ4v) is 2.65. The van der Waals surface area contributed by atoms with Gasteiger partial charge in [0.15, 0.2) is 5.11 Å². The molecule has 2 N–H and O–H groups in total. The molecule has 0 aliphatic rings. The first-order chi connectivity index (χ1) is 9.86. The topological polar surface area (TPSA) is 61.4 Å². The largest absolute Gasteiger partial charge is 0.362 e. The normalized spacial score (nSPS) is 11.4. The number of nitrogens with one attached hydrogen (secondary N) is 2. The molecule has 0 heterocycles. The van der Waals surface area contributed by atoms with Crippen molar-refractivity contribution in [2.75, 3.05) is 31.2 Å². The number of anilines is 1. The van der Waals surface area contributed by atoms with Crippen LogP contribution in [0.3, 0.4) is 0 Å². The number of sulfonamides is 1. The Bertz CT molecular complexity index is 579. The van der Waals surface area contributed by atoms with Gasteiger partial charge in [-0.15, -0.1) is 0 Å². The van der Waals surface area contributed by atoms with E-state index in [0.717, 1.165) is 0 Å². The molecular weight excluding hydrogens is 313 g/mol. The average molecular weight is 333 g/mol. The van der Waals surface area contributed by atoms with Crippen molar-refractivity contribution in [2.24, 2.45) is 0 Å². The van der Waals surface area contributed by atoms with Crippen LogP contribution in [-0.2, 0) is 10.0 Å². The molecule has 0 bridgehead atoms. The van der Waals surface area contributed by atoms with Gasteiger partial charge in [0, 0.05) is 20.1 Å². The van der Waals surface area contributed by atoms with Crippen LogP contribution in [0.4, 0.5) is 10.1 Å². The van der Waals surface area contributed by atoms with Crippen molar-refractivity contribution < 1.29 is 12.8 Å². The van der Waals surface area contributed by atoms with Gasteiger partial charge in [0.1, 0.15) is 5.82 Å². The maximum Gasteiger partial charge on any atom is 0.213 e. The number of hydrogen-bond acceptors (Lipinski definition) is 3. The number of hydrogen-bond donors (Lipinski definition) is 2. The quantitative estimate of drug-likeness (QED) is 0.588. The monoisotopic (exact) mass is 333 g/mol. The van der Waals surface area contributed by atoms with Gasteiger partial charge < -0.3 is 10.6 Å². The predicted molar refractivity (Wildman–Crippen MR) is 87.3 cm³/mol. The van der Waals surface area contributed by atoms with Crippen molar-refractivity contribution in [3.63, 3.8) is 0 Å². The molecule has 1 aromatic rings. The van der Waals surface area contributed by atoms with Crippen molar-refractivity contribution in [1.82, 2.24) is 9.62 Å². The van der Waals surface area contributed by atoms with Gasteiger partial charge in [-0.2, -0.15) is 0 Å². The van der Waals surface area contributed by atoms with Crippen LogP contribution in [0, 0.1) is 5.82 Å². The van der Waals surface area contributed by atoms with E-state index in [1.54, 1.807) is 32.2 Å². The molecule has 0 amide bonds. The van der Waals surface area contributed by atoms with Gasteiger partial charge in [-0.3, -0.25) is 0 Å². The second-order valence-corrected chi connectivity index (χ2v) is 7.21. The highest BCUT2D eigenvalue weighted by atomic mass is 32.2. The van der Waals surface area contributed by atoms with Crippen molar-refractivity contribution >= 4 is 33.0 Å². The lowest BCUT2D eigenvalue weighted by Gasteiger charge is -2.16. The van der Waals surface area contributed by atoms with Crippen molar-refractivity contribution in [3.05, 3.63) is 30.1 Å². The average Bonchev–Trinajstić information content (AvgIpc) is 2.45. The molecule has 0 fully saturated rings. The minimum absolute atomic E-state index is 0.0875. The molecule has 21 heavy (non-hydrogen) atoms. The Balaban J connectivity index is 2.30. The Hall–Kier alpha value is -1.25. The maximum atomic E-state index is 13.4. The van der Waals surface area contributed by atoms with Crippen LogP contribution in [0.25, 0.3) is 0 Å². The lowest BCUT2D eigenvalue weighted by atomic mass is 10.3. The number of nitrogens with zero attached hydrogens (tertiary/aromatic N) is 1. The van der Waals surface area contributed by atoms with E-state index in [4.69, 9.17) is 12.2 Å². The van der Waals surface area contributed by atoms with Crippen LogP contribution >= 0.6 is 12.2 Å². The number of para-hydroxylation sites is 1. The molecule has 1 rings (SSSR count). The van der Waals surface area contributed by atoms with Crippen molar-refractivity contribution in [2.45, 2.75) is 13.3 Å². The predicted octanol–water partition coefficient (Wildman–Crippen LogP) is 1.78. The van der Waals surface area contributed by atoms with E-state index in [-0.39, 0.29) is 11.6 Å². The van der Waals surface area contributed by atoms with E-state index in [1.807, 2.05) is 0 Å². The van der Waals surface area contributed by atoms with E-state index >= 15 is 0 Å². The van der Waals surface area contributed by atoms with Gasteiger partial charge in [-0.05, 0) is 37.7 Å². The zero-order valence-corrected chi connectivity index (χ0v) is 13.7.